The lowest BCUT2D eigenvalue weighted by molar-refractivity contribution is -0.146. The van der Waals surface area contributed by atoms with Crippen molar-refractivity contribution < 1.29 is 28.7 Å². The molecular formula is C16H22N4O6. The molecule has 0 fully saturated rings. The minimum Gasteiger partial charge on any atom is -0.333 e. The lowest BCUT2D eigenvalue weighted by Crippen LogP contribution is -2.55. The lowest BCUT2D eigenvalue weighted by atomic mass is 10.4. The third-order valence-corrected chi connectivity index (χ3v) is 2.60. The molecule has 0 aromatic rings. The summed E-state index contributed by atoms with van der Waals surface area (Å²) < 4.78 is 10.6. The van der Waals surface area contributed by atoms with Crippen LogP contribution in [0.5, 0.6) is 0 Å². The molecule has 0 saturated heterocycles. The van der Waals surface area contributed by atoms with Gasteiger partial charge in [-0.15, -0.1) is 0 Å². The third-order valence-electron chi connectivity index (χ3n) is 2.60. The summed E-state index contributed by atoms with van der Waals surface area (Å²) in [7, 11) is 0. The molecule has 0 bridgehead atoms. The van der Waals surface area contributed by atoms with E-state index in [1.165, 1.54) is 0 Å². The van der Waals surface area contributed by atoms with Gasteiger partial charge in [0.1, 0.15) is 13.5 Å². The van der Waals surface area contributed by atoms with E-state index in [-0.39, 0.29) is 13.5 Å². The van der Waals surface area contributed by atoms with Crippen molar-refractivity contribution in [2.75, 3.05) is 13.5 Å². The fourth-order valence-electron chi connectivity index (χ4n) is 1.36. The molecule has 142 valence electrons. The topological polar surface area (TPSA) is 135 Å². The van der Waals surface area contributed by atoms with Crippen molar-refractivity contribution >= 4 is 23.6 Å². The first-order chi connectivity index (χ1) is 12.4. The Kier molecular flexibility index (Phi) is 11.5. The van der Waals surface area contributed by atoms with Crippen LogP contribution in [0.3, 0.4) is 0 Å². The van der Waals surface area contributed by atoms with Crippen LogP contribution in [0.1, 0.15) is 0 Å². The number of ether oxygens (including phenoxy) is 2. The predicted molar refractivity (Wildman–Crippen MR) is 92.8 cm³/mol. The predicted octanol–water partition coefficient (Wildman–Crippen LogP) is -1.20. The molecule has 4 amide bonds. The average Bonchev–Trinajstić information content (AvgIpc) is 2.65. The molecule has 0 saturated carbocycles. The molecule has 2 atom stereocenters. The first-order valence-electron chi connectivity index (χ1n) is 7.27. The second-order valence-corrected chi connectivity index (χ2v) is 4.38. The summed E-state index contributed by atoms with van der Waals surface area (Å²) in [5, 5.41) is 9.42. The number of nitrogens with one attached hydrogen (secondary N) is 4. The van der Waals surface area contributed by atoms with Gasteiger partial charge in [0.15, 0.2) is 12.5 Å². The van der Waals surface area contributed by atoms with Crippen molar-refractivity contribution in [1.29, 1.82) is 0 Å². The van der Waals surface area contributed by atoms with E-state index in [9.17, 15) is 19.2 Å². The van der Waals surface area contributed by atoms with E-state index in [0.29, 0.717) is 0 Å². The number of hydrogen-bond acceptors (Lipinski definition) is 6. The standard InChI is InChI=1S/C16H22N4O6/c1-5-11(21)17-9-25-15(19-13(23)7-3)16(20-14(24)8-4)26-10-18-12(22)6-2/h5-8,15-16H,1-4,9-10H2,(H,17,21)(H,18,22)(H,19,23)(H,20,24). The summed E-state index contributed by atoms with van der Waals surface area (Å²) in [4.78, 5) is 45.5. The Balaban J connectivity index is 5.09. The highest BCUT2D eigenvalue weighted by molar-refractivity contribution is 5.88. The van der Waals surface area contributed by atoms with Gasteiger partial charge < -0.3 is 30.7 Å². The third kappa shape index (κ3) is 9.80. The van der Waals surface area contributed by atoms with Crippen molar-refractivity contribution in [3.63, 3.8) is 0 Å². The number of hydrogen-bond donors (Lipinski definition) is 4. The maximum Gasteiger partial charge on any atom is 0.245 e. The molecule has 2 unspecified atom stereocenters. The van der Waals surface area contributed by atoms with Gasteiger partial charge in [-0.2, -0.15) is 0 Å². The van der Waals surface area contributed by atoms with Crippen molar-refractivity contribution in [3.05, 3.63) is 50.6 Å². The Bertz CT molecular complexity index is 525. The Labute approximate surface area is 151 Å². The van der Waals surface area contributed by atoms with Crippen LogP contribution in [0.25, 0.3) is 0 Å². The Morgan fingerprint density at radius 1 is 0.654 bits per heavy atom. The molecule has 0 spiro atoms. The summed E-state index contributed by atoms with van der Waals surface area (Å²) in [5.41, 5.74) is 0. The first-order valence-corrected chi connectivity index (χ1v) is 7.27. The highest BCUT2D eigenvalue weighted by Gasteiger charge is 2.26. The second-order valence-electron chi connectivity index (χ2n) is 4.38. The quantitative estimate of drug-likeness (QED) is 0.239. The maximum absolute atomic E-state index is 11.6. The largest absolute Gasteiger partial charge is 0.333 e. The Morgan fingerprint density at radius 2 is 0.962 bits per heavy atom. The van der Waals surface area contributed by atoms with E-state index >= 15 is 0 Å². The highest BCUT2D eigenvalue weighted by atomic mass is 16.6. The van der Waals surface area contributed by atoms with E-state index in [1.807, 2.05) is 0 Å². The molecule has 0 aliphatic heterocycles. The summed E-state index contributed by atoms with van der Waals surface area (Å²) in [5.74, 6) is -2.27. The fourth-order valence-corrected chi connectivity index (χ4v) is 1.36. The monoisotopic (exact) mass is 366 g/mol. The molecule has 4 N–H and O–H groups in total. The van der Waals surface area contributed by atoms with Gasteiger partial charge in [-0.05, 0) is 24.3 Å². The van der Waals surface area contributed by atoms with Gasteiger partial charge in [-0.25, -0.2) is 0 Å². The van der Waals surface area contributed by atoms with Gasteiger partial charge >= 0.3 is 0 Å². The highest BCUT2D eigenvalue weighted by Crippen LogP contribution is 2.00. The maximum atomic E-state index is 11.6. The van der Waals surface area contributed by atoms with Crippen molar-refractivity contribution in [2.45, 2.75) is 12.5 Å². The smallest absolute Gasteiger partial charge is 0.245 e. The van der Waals surface area contributed by atoms with Crippen molar-refractivity contribution in [1.82, 2.24) is 21.3 Å². The molecule has 10 nitrogen and oxygen atoms in total. The molecule has 0 heterocycles. The van der Waals surface area contributed by atoms with E-state index in [4.69, 9.17) is 9.47 Å². The van der Waals surface area contributed by atoms with Crippen LogP contribution >= 0.6 is 0 Å². The van der Waals surface area contributed by atoms with E-state index in [2.05, 4.69) is 47.6 Å². The average molecular weight is 366 g/mol. The zero-order valence-electron chi connectivity index (χ0n) is 14.2. The summed E-state index contributed by atoms with van der Waals surface area (Å²) in [6, 6.07) is 0. The molecule has 10 heteroatoms. The van der Waals surface area contributed by atoms with Gasteiger partial charge in [0.25, 0.3) is 0 Å². The van der Waals surface area contributed by atoms with Crippen molar-refractivity contribution in [2.24, 2.45) is 0 Å². The molecule has 26 heavy (non-hydrogen) atoms. The summed E-state index contributed by atoms with van der Waals surface area (Å²) >= 11 is 0. The Hall–Kier alpha value is -3.24. The number of amides is 4. The molecule has 0 radical (unpaired) electrons. The summed E-state index contributed by atoms with van der Waals surface area (Å²) in [6.07, 6.45) is 1.55. The number of carbonyl (C=O) groups is 4. The number of carbonyl (C=O) groups excluding carboxylic acids is 4. The van der Waals surface area contributed by atoms with Crippen LogP contribution in [0.15, 0.2) is 50.6 Å². The molecule has 0 aliphatic carbocycles. The van der Waals surface area contributed by atoms with Gasteiger partial charge in [0.2, 0.25) is 23.6 Å². The first kappa shape index (κ1) is 22.8. The van der Waals surface area contributed by atoms with Crippen LogP contribution in [0.4, 0.5) is 0 Å². The van der Waals surface area contributed by atoms with E-state index < -0.39 is 36.1 Å². The van der Waals surface area contributed by atoms with Gasteiger partial charge in [0.05, 0.1) is 0 Å². The van der Waals surface area contributed by atoms with E-state index in [0.717, 1.165) is 24.3 Å². The van der Waals surface area contributed by atoms with Crippen LogP contribution in [-0.4, -0.2) is 49.5 Å². The van der Waals surface area contributed by atoms with Crippen LogP contribution in [0, 0.1) is 0 Å². The van der Waals surface area contributed by atoms with Crippen LogP contribution < -0.4 is 21.3 Å². The molecular weight excluding hydrogens is 344 g/mol. The van der Waals surface area contributed by atoms with Crippen LogP contribution in [-0.2, 0) is 28.7 Å². The molecule has 0 aromatic carbocycles. The Morgan fingerprint density at radius 3 is 1.23 bits per heavy atom. The molecule has 0 aliphatic rings. The minimum atomic E-state index is -1.23. The van der Waals surface area contributed by atoms with Crippen LogP contribution in [0.2, 0.25) is 0 Å². The summed E-state index contributed by atoms with van der Waals surface area (Å²) in [6.45, 7) is 12.5. The lowest BCUT2D eigenvalue weighted by Gasteiger charge is -2.28. The zero-order valence-corrected chi connectivity index (χ0v) is 14.2. The van der Waals surface area contributed by atoms with Crippen molar-refractivity contribution in [3.8, 4) is 0 Å². The molecule has 0 aromatic heterocycles. The van der Waals surface area contributed by atoms with E-state index in [1.54, 1.807) is 0 Å². The van der Waals surface area contributed by atoms with Gasteiger partial charge in [-0.1, -0.05) is 26.3 Å². The molecule has 0 rings (SSSR count). The fraction of sp³-hybridized carbons (Fsp3) is 0.250. The van der Waals surface area contributed by atoms with Gasteiger partial charge in [0, 0.05) is 0 Å². The normalized spacial score (nSPS) is 11.8. The second kappa shape index (κ2) is 13.1. The van der Waals surface area contributed by atoms with Gasteiger partial charge in [-0.3, -0.25) is 19.2 Å². The minimum absolute atomic E-state index is 0.324. The SMILES string of the molecule is C=CC(=O)NCOC(NC(=O)C=C)C(NC(=O)C=C)OCNC(=O)C=C. The number of rotatable bonds is 13. The zero-order chi connectivity index (χ0) is 19.9.